The lowest BCUT2D eigenvalue weighted by Crippen LogP contribution is -2.39. The minimum Gasteiger partial charge on any atom is -0.444 e. The number of anilines is 1. The van der Waals surface area contributed by atoms with E-state index in [1.54, 1.807) is 4.90 Å². The maximum Gasteiger partial charge on any atom is 0.410 e. The molecule has 0 unspecified atom stereocenters. The topological polar surface area (TPSA) is 114 Å². The lowest BCUT2D eigenvalue weighted by molar-refractivity contribution is 0.0226. The van der Waals surface area contributed by atoms with Crippen molar-refractivity contribution in [1.29, 1.82) is 0 Å². The Balaban J connectivity index is 2.22. The van der Waals surface area contributed by atoms with Crippen LogP contribution in [0.2, 0.25) is 0 Å². The molecule has 0 radical (unpaired) electrons. The molecule has 2 rings (SSSR count). The number of amides is 4. The van der Waals surface area contributed by atoms with Crippen molar-refractivity contribution >= 4 is 34.4 Å². The van der Waals surface area contributed by atoms with E-state index in [2.05, 4.69) is 10.6 Å². The summed E-state index contributed by atoms with van der Waals surface area (Å²) in [6.07, 6.45) is 0.0841. The molecule has 2 heterocycles. The lowest BCUT2D eigenvalue weighted by Gasteiger charge is -2.30. The van der Waals surface area contributed by atoms with Crippen molar-refractivity contribution in [2.75, 3.05) is 11.9 Å². The molecule has 0 atom stereocenters. The van der Waals surface area contributed by atoms with E-state index in [0.29, 0.717) is 30.1 Å². The number of carbonyl (C=O) groups is 3. The second kappa shape index (κ2) is 7.53. The van der Waals surface area contributed by atoms with Gasteiger partial charge in [0.1, 0.15) is 10.6 Å². The number of carbonyl (C=O) groups excluding carboxylic acids is 3. The molecule has 1 aliphatic rings. The Morgan fingerprint density at radius 3 is 2.46 bits per heavy atom. The zero-order valence-corrected chi connectivity index (χ0v) is 16.6. The fraction of sp³-hybridized carbons (Fsp3) is 0.588. The van der Waals surface area contributed by atoms with Crippen LogP contribution < -0.4 is 16.4 Å². The Hall–Kier alpha value is -2.29. The summed E-state index contributed by atoms with van der Waals surface area (Å²) >= 11 is 1.26. The van der Waals surface area contributed by atoms with Crippen LogP contribution in [0.1, 0.15) is 55.4 Å². The second-order valence-corrected chi connectivity index (χ2v) is 8.58. The third kappa shape index (κ3) is 4.87. The molecule has 0 saturated carbocycles. The predicted octanol–water partition coefficient (Wildman–Crippen LogP) is 2.67. The van der Waals surface area contributed by atoms with E-state index in [9.17, 15) is 14.4 Å². The van der Waals surface area contributed by atoms with Crippen molar-refractivity contribution in [1.82, 2.24) is 10.2 Å². The van der Waals surface area contributed by atoms with E-state index in [1.165, 1.54) is 11.3 Å². The van der Waals surface area contributed by atoms with Crippen LogP contribution in [0, 0.1) is 0 Å². The van der Waals surface area contributed by atoms with Gasteiger partial charge < -0.3 is 20.7 Å². The summed E-state index contributed by atoms with van der Waals surface area (Å²) in [5, 5.41) is 5.82. The first-order chi connectivity index (χ1) is 12.0. The third-order valence-electron chi connectivity index (χ3n) is 3.60. The molecule has 144 valence electrons. The van der Waals surface area contributed by atoms with Gasteiger partial charge in [0.15, 0.2) is 0 Å². The van der Waals surface area contributed by atoms with Gasteiger partial charge in [-0.25, -0.2) is 9.59 Å². The lowest BCUT2D eigenvalue weighted by atomic mass is 10.0. The number of nitrogens with one attached hydrogen (secondary N) is 2. The molecule has 9 heteroatoms. The summed E-state index contributed by atoms with van der Waals surface area (Å²) in [6.45, 7) is 9.86. The fourth-order valence-electron chi connectivity index (χ4n) is 2.64. The first-order valence-corrected chi connectivity index (χ1v) is 9.29. The van der Waals surface area contributed by atoms with Crippen LogP contribution in [-0.2, 0) is 17.7 Å². The predicted molar refractivity (Wildman–Crippen MR) is 100 cm³/mol. The van der Waals surface area contributed by atoms with Crippen LogP contribution in [0.3, 0.4) is 0 Å². The van der Waals surface area contributed by atoms with E-state index in [1.807, 2.05) is 34.6 Å². The molecule has 26 heavy (non-hydrogen) atoms. The number of ether oxygens (including phenoxy) is 1. The summed E-state index contributed by atoms with van der Waals surface area (Å²) in [5.41, 5.74) is 6.07. The van der Waals surface area contributed by atoms with Gasteiger partial charge in [0.05, 0.1) is 12.1 Å². The molecule has 4 amide bonds. The summed E-state index contributed by atoms with van der Waals surface area (Å²) in [4.78, 5) is 38.6. The van der Waals surface area contributed by atoms with Crippen LogP contribution in [0.25, 0.3) is 0 Å². The quantitative estimate of drug-likeness (QED) is 0.745. The largest absolute Gasteiger partial charge is 0.444 e. The van der Waals surface area contributed by atoms with Crippen LogP contribution in [0.5, 0.6) is 0 Å². The molecular weight excluding hydrogens is 356 g/mol. The zero-order valence-electron chi connectivity index (χ0n) is 15.8. The maximum atomic E-state index is 12.3. The second-order valence-electron chi connectivity index (χ2n) is 7.48. The van der Waals surface area contributed by atoms with Gasteiger partial charge in [-0.3, -0.25) is 10.1 Å². The number of primary amides is 1. The molecule has 4 N–H and O–H groups in total. The Labute approximate surface area is 157 Å². The van der Waals surface area contributed by atoms with Crippen LogP contribution in [0.4, 0.5) is 14.6 Å². The average Bonchev–Trinajstić information content (AvgIpc) is 2.80. The van der Waals surface area contributed by atoms with Gasteiger partial charge in [-0.1, -0.05) is 0 Å². The smallest absolute Gasteiger partial charge is 0.410 e. The van der Waals surface area contributed by atoms with Crippen molar-refractivity contribution in [2.24, 2.45) is 5.73 Å². The van der Waals surface area contributed by atoms with Gasteiger partial charge in [-0.15, -0.1) is 11.3 Å². The molecular formula is C17H26N4O4S. The number of thiophene rings is 1. The van der Waals surface area contributed by atoms with E-state index >= 15 is 0 Å². The molecule has 1 aromatic rings. The molecule has 0 bridgehead atoms. The molecule has 8 nitrogen and oxygen atoms in total. The van der Waals surface area contributed by atoms with Gasteiger partial charge in [0.25, 0.3) is 5.91 Å². The fourth-order valence-corrected chi connectivity index (χ4v) is 3.90. The summed E-state index contributed by atoms with van der Waals surface area (Å²) in [5.74, 6) is -0.590. The number of nitrogens with two attached hydrogens (primary N) is 1. The van der Waals surface area contributed by atoms with Crippen LogP contribution >= 0.6 is 11.3 Å². The number of urea groups is 1. The molecule has 0 spiro atoms. The van der Waals surface area contributed by atoms with E-state index in [-0.39, 0.29) is 6.04 Å². The van der Waals surface area contributed by atoms with E-state index < -0.39 is 23.6 Å². The molecule has 1 aliphatic heterocycles. The summed E-state index contributed by atoms with van der Waals surface area (Å²) in [6, 6.07) is -0.436. The molecule has 0 aliphatic carbocycles. The molecule has 0 aromatic carbocycles. The molecule has 0 fully saturated rings. The van der Waals surface area contributed by atoms with Gasteiger partial charge in [0, 0.05) is 17.5 Å². The highest BCUT2D eigenvalue weighted by Gasteiger charge is 2.31. The number of fused-ring (bicyclic) bond motifs is 1. The monoisotopic (exact) mass is 382 g/mol. The van der Waals surface area contributed by atoms with Gasteiger partial charge >= 0.3 is 12.1 Å². The summed E-state index contributed by atoms with van der Waals surface area (Å²) < 4.78 is 5.41. The zero-order chi connectivity index (χ0) is 19.6. The highest BCUT2D eigenvalue weighted by atomic mass is 32.1. The van der Waals surface area contributed by atoms with Crippen molar-refractivity contribution in [3.63, 3.8) is 0 Å². The van der Waals surface area contributed by atoms with Gasteiger partial charge in [0.2, 0.25) is 0 Å². The highest BCUT2D eigenvalue weighted by molar-refractivity contribution is 7.17. The highest BCUT2D eigenvalue weighted by Crippen LogP contribution is 2.37. The summed E-state index contributed by atoms with van der Waals surface area (Å²) in [7, 11) is 0. The van der Waals surface area contributed by atoms with E-state index in [4.69, 9.17) is 10.5 Å². The van der Waals surface area contributed by atoms with Gasteiger partial charge in [-0.2, -0.15) is 0 Å². The van der Waals surface area contributed by atoms with Gasteiger partial charge in [-0.05, 0) is 46.6 Å². The number of nitrogens with zero attached hydrogens (tertiary/aromatic N) is 1. The van der Waals surface area contributed by atoms with Crippen LogP contribution in [-0.4, -0.2) is 41.1 Å². The molecule has 0 saturated heterocycles. The first-order valence-electron chi connectivity index (χ1n) is 8.47. The molecule has 1 aromatic heterocycles. The number of hydrogen-bond donors (Lipinski definition) is 3. The minimum atomic E-state index is -0.590. The van der Waals surface area contributed by atoms with Crippen molar-refractivity contribution in [3.05, 3.63) is 16.0 Å². The standard InChI is InChI=1S/C17H26N4O4S/c1-9(2)19-15(23)20-14-12(13(18)22)10-6-7-21(8-11(10)26-14)16(24)25-17(3,4)5/h9H,6-8H2,1-5H3,(H2,18,22)(H2,19,20,23). The number of hydrogen-bond acceptors (Lipinski definition) is 5. The Morgan fingerprint density at radius 1 is 1.27 bits per heavy atom. The SMILES string of the molecule is CC(C)NC(=O)Nc1sc2c(c1C(N)=O)CCN(C(=O)OC(C)(C)C)C2. The van der Waals surface area contributed by atoms with Crippen molar-refractivity contribution in [3.8, 4) is 0 Å². The van der Waals surface area contributed by atoms with Crippen LogP contribution in [0.15, 0.2) is 0 Å². The minimum absolute atomic E-state index is 0.0377. The van der Waals surface area contributed by atoms with Crippen molar-refractivity contribution < 1.29 is 19.1 Å². The average molecular weight is 382 g/mol. The first kappa shape index (κ1) is 20.0. The van der Waals surface area contributed by atoms with E-state index in [0.717, 1.165) is 10.4 Å². The Bertz CT molecular complexity index is 721. The third-order valence-corrected chi connectivity index (χ3v) is 4.73. The normalized spacial score (nSPS) is 14.0. The Morgan fingerprint density at radius 2 is 1.92 bits per heavy atom. The number of rotatable bonds is 3. The maximum absolute atomic E-state index is 12.3. The van der Waals surface area contributed by atoms with Crippen molar-refractivity contribution in [2.45, 2.75) is 59.2 Å². The Kier molecular flexibility index (Phi) is 5.80.